The number of hydrogen-bond acceptors (Lipinski definition) is 3. The third-order valence-corrected chi connectivity index (χ3v) is 13.5. The molecule has 1 aliphatic rings. The van der Waals surface area contributed by atoms with E-state index >= 15 is 0 Å². The minimum Gasteiger partial charge on any atom is -0.309 e. The van der Waals surface area contributed by atoms with Gasteiger partial charge < -0.3 is 4.57 Å². The van der Waals surface area contributed by atoms with E-state index in [4.69, 9.17) is 9.97 Å². The summed E-state index contributed by atoms with van der Waals surface area (Å²) in [5.41, 5.74) is 14.0. The maximum absolute atomic E-state index is 5.52. The first-order valence-electron chi connectivity index (χ1n) is 19.5. The van der Waals surface area contributed by atoms with Gasteiger partial charge in [0.05, 0.1) is 39.4 Å². The quantitative estimate of drug-likeness (QED) is 0.169. The number of nitrogens with zero attached hydrogens (tertiary/aromatic N) is 3. The molecule has 0 N–H and O–H groups in total. The van der Waals surface area contributed by atoms with Gasteiger partial charge in [-0.15, -0.1) is 11.3 Å². The summed E-state index contributed by atoms with van der Waals surface area (Å²) in [7, 11) is 0. The highest BCUT2D eigenvalue weighted by molar-refractivity contribution is 7.26. The zero-order valence-corrected chi connectivity index (χ0v) is 31.5. The molecule has 57 heavy (non-hydrogen) atoms. The lowest BCUT2D eigenvalue weighted by atomic mass is 9.92. The first-order valence-corrected chi connectivity index (χ1v) is 20.3. The summed E-state index contributed by atoms with van der Waals surface area (Å²) in [5, 5.41) is 9.63. The highest BCUT2D eigenvalue weighted by atomic mass is 32.1. The number of aromatic nitrogens is 3. The molecule has 0 atom stereocenters. The third-order valence-electron chi connectivity index (χ3n) is 12.3. The molecular formula is C53H31N3S. The Morgan fingerprint density at radius 1 is 0.439 bits per heavy atom. The van der Waals surface area contributed by atoms with Crippen LogP contribution >= 0.6 is 11.3 Å². The lowest BCUT2D eigenvalue weighted by Crippen LogP contribution is -2.02. The van der Waals surface area contributed by atoms with Crippen LogP contribution in [-0.2, 0) is 0 Å². The van der Waals surface area contributed by atoms with Crippen LogP contribution in [0.4, 0.5) is 0 Å². The zero-order chi connectivity index (χ0) is 37.2. The van der Waals surface area contributed by atoms with E-state index in [1.54, 1.807) is 0 Å². The van der Waals surface area contributed by atoms with E-state index in [-0.39, 0.29) is 5.92 Å². The Hall–Kier alpha value is -7.14. The van der Waals surface area contributed by atoms with Gasteiger partial charge in [0.2, 0.25) is 0 Å². The Morgan fingerprint density at radius 3 is 1.81 bits per heavy atom. The van der Waals surface area contributed by atoms with Crippen molar-refractivity contribution < 1.29 is 0 Å². The van der Waals surface area contributed by atoms with Gasteiger partial charge in [-0.1, -0.05) is 127 Å². The molecule has 8 aromatic carbocycles. The molecule has 0 radical (unpaired) electrons. The van der Waals surface area contributed by atoms with Crippen molar-refractivity contribution in [2.75, 3.05) is 0 Å². The first-order chi connectivity index (χ1) is 28.3. The van der Waals surface area contributed by atoms with Crippen LogP contribution < -0.4 is 0 Å². The molecule has 4 aromatic heterocycles. The fourth-order valence-corrected chi connectivity index (χ4v) is 11.0. The number of para-hydroxylation sites is 1. The van der Waals surface area contributed by atoms with Gasteiger partial charge in [0.15, 0.2) is 0 Å². The molecule has 0 amide bonds. The highest BCUT2D eigenvalue weighted by Crippen LogP contribution is 2.48. The van der Waals surface area contributed by atoms with E-state index in [0.29, 0.717) is 0 Å². The molecule has 4 heteroatoms. The lowest BCUT2D eigenvalue weighted by Gasteiger charge is -2.16. The summed E-state index contributed by atoms with van der Waals surface area (Å²) < 4.78 is 5.05. The SMILES string of the molecule is c1ccc(-n2c3ccc(-c4ccc5c6ccc(C7c8ccccc8-c8ccccc87)nc6c6ccccc6c5n4)cc3c3c4sc5ccccc5c4ccc32)cc1. The number of thiophene rings is 1. The lowest BCUT2D eigenvalue weighted by molar-refractivity contribution is 0.960. The van der Waals surface area contributed by atoms with Gasteiger partial charge in [-0.25, -0.2) is 4.98 Å². The molecule has 3 nitrogen and oxygen atoms in total. The maximum Gasteiger partial charge on any atom is 0.0795 e. The normalized spacial score (nSPS) is 12.8. The van der Waals surface area contributed by atoms with Crippen LogP contribution in [0.2, 0.25) is 0 Å². The zero-order valence-electron chi connectivity index (χ0n) is 30.6. The average Bonchev–Trinajstić information content (AvgIpc) is 3.94. The van der Waals surface area contributed by atoms with E-state index in [1.165, 1.54) is 64.2 Å². The van der Waals surface area contributed by atoms with Crippen LogP contribution in [0, 0.1) is 0 Å². The Morgan fingerprint density at radius 2 is 1.04 bits per heavy atom. The van der Waals surface area contributed by atoms with Crippen molar-refractivity contribution in [1.82, 2.24) is 14.5 Å². The Kier molecular flexibility index (Phi) is 6.38. The summed E-state index contributed by atoms with van der Waals surface area (Å²) in [4.78, 5) is 11.0. The molecular weight excluding hydrogens is 711 g/mol. The predicted molar refractivity (Wildman–Crippen MR) is 240 cm³/mol. The van der Waals surface area contributed by atoms with Crippen molar-refractivity contribution in [1.29, 1.82) is 0 Å². The Balaban J connectivity index is 1.02. The second-order valence-corrected chi connectivity index (χ2v) is 16.3. The van der Waals surface area contributed by atoms with Crippen LogP contribution in [0.1, 0.15) is 22.7 Å². The van der Waals surface area contributed by atoms with Crippen molar-refractivity contribution in [3.05, 3.63) is 199 Å². The summed E-state index contributed by atoms with van der Waals surface area (Å²) in [6.45, 7) is 0. The third kappa shape index (κ3) is 4.36. The van der Waals surface area contributed by atoms with Crippen molar-refractivity contribution in [2.45, 2.75) is 5.92 Å². The molecule has 12 aromatic rings. The van der Waals surface area contributed by atoms with Crippen LogP contribution in [-0.4, -0.2) is 14.5 Å². The molecule has 264 valence electrons. The monoisotopic (exact) mass is 741 g/mol. The summed E-state index contributed by atoms with van der Waals surface area (Å²) in [6.07, 6.45) is 0. The molecule has 0 saturated heterocycles. The predicted octanol–water partition coefficient (Wildman–Crippen LogP) is 14.2. The largest absolute Gasteiger partial charge is 0.309 e. The number of pyridine rings is 2. The molecule has 0 spiro atoms. The Bertz CT molecular complexity index is 3590. The van der Waals surface area contributed by atoms with Crippen LogP contribution in [0.5, 0.6) is 0 Å². The summed E-state index contributed by atoms with van der Waals surface area (Å²) in [5.74, 6) is 0.0910. The van der Waals surface area contributed by atoms with E-state index in [9.17, 15) is 0 Å². The number of benzene rings is 8. The van der Waals surface area contributed by atoms with E-state index in [0.717, 1.165) is 55.2 Å². The second-order valence-electron chi connectivity index (χ2n) is 15.2. The number of fused-ring (bicyclic) bond motifs is 16. The maximum atomic E-state index is 5.52. The summed E-state index contributed by atoms with van der Waals surface area (Å²) in [6, 6.07) is 66.2. The van der Waals surface area contributed by atoms with Gasteiger partial charge in [-0.3, -0.25) is 4.98 Å². The molecule has 0 saturated carbocycles. The van der Waals surface area contributed by atoms with Gasteiger partial charge in [0.25, 0.3) is 0 Å². The minimum absolute atomic E-state index is 0.0910. The van der Waals surface area contributed by atoms with Gasteiger partial charge >= 0.3 is 0 Å². The van der Waals surface area contributed by atoms with E-state index in [1.807, 2.05) is 11.3 Å². The molecule has 1 aliphatic carbocycles. The van der Waals surface area contributed by atoms with E-state index in [2.05, 4.69) is 187 Å². The fourth-order valence-electron chi connectivity index (χ4n) is 9.77. The number of rotatable bonds is 3. The average molecular weight is 742 g/mol. The fraction of sp³-hybridized carbons (Fsp3) is 0.0189. The standard InChI is InChI=1S/C53H31N3S/c1-2-12-32(13-3-1)56-46-28-22-31(30-43(46)50-47(56)29-25-42-35-16-10-11-21-48(35)57-53(42)50)44-26-23-40-41-24-27-45(55-52(41)39-20-9-8-19-38(39)51(40)54-44)49-36-17-6-4-14-33(36)34-15-5-7-18-37(34)49/h1-30,49H. The van der Waals surface area contributed by atoms with Crippen LogP contribution in [0.15, 0.2) is 182 Å². The van der Waals surface area contributed by atoms with Crippen LogP contribution in [0.25, 0.3) is 103 Å². The van der Waals surface area contributed by atoms with Gasteiger partial charge in [0.1, 0.15) is 0 Å². The van der Waals surface area contributed by atoms with Gasteiger partial charge in [0, 0.05) is 63.7 Å². The first kappa shape index (κ1) is 31.1. The van der Waals surface area contributed by atoms with Crippen LogP contribution in [0.3, 0.4) is 0 Å². The molecule has 0 unspecified atom stereocenters. The van der Waals surface area contributed by atoms with Crippen molar-refractivity contribution in [2.24, 2.45) is 0 Å². The highest BCUT2D eigenvalue weighted by Gasteiger charge is 2.30. The van der Waals surface area contributed by atoms with Crippen molar-refractivity contribution >= 4 is 85.9 Å². The Labute approximate surface area is 331 Å². The molecule has 13 rings (SSSR count). The van der Waals surface area contributed by atoms with Gasteiger partial charge in [-0.2, -0.15) is 0 Å². The minimum atomic E-state index is 0.0910. The molecule has 0 aliphatic heterocycles. The molecule has 4 heterocycles. The van der Waals surface area contributed by atoms with Gasteiger partial charge in [-0.05, 0) is 76.9 Å². The topological polar surface area (TPSA) is 30.7 Å². The van der Waals surface area contributed by atoms with E-state index < -0.39 is 0 Å². The summed E-state index contributed by atoms with van der Waals surface area (Å²) >= 11 is 1.89. The second kappa shape index (κ2) is 11.7. The van der Waals surface area contributed by atoms with Crippen molar-refractivity contribution in [3.63, 3.8) is 0 Å². The molecule has 0 fully saturated rings. The smallest absolute Gasteiger partial charge is 0.0795 e. The molecule has 0 bridgehead atoms. The number of hydrogen-bond donors (Lipinski definition) is 0. The van der Waals surface area contributed by atoms with Crippen molar-refractivity contribution in [3.8, 4) is 28.1 Å².